The molecule has 2 amide bonds. The highest BCUT2D eigenvalue weighted by molar-refractivity contribution is 5.94. The third kappa shape index (κ3) is 6.57. The molecule has 0 saturated carbocycles. The molecule has 0 saturated heterocycles. The van der Waals surface area contributed by atoms with E-state index in [1.807, 2.05) is 0 Å². The summed E-state index contributed by atoms with van der Waals surface area (Å²) >= 11 is 0. The van der Waals surface area contributed by atoms with E-state index in [1.165, 1.54) is 6.08 Å². The molecule has 0 aliphatic rings. The third-order valence-electron chi connectivity index (χ3n) is 1.97. The molecular weight excluding hydrogens is 250 g/mol. The molecule has 0 spiro atoms. The van der Waals surface area contributed by atoms with Crippen LogP contribution in [0.25, 0.3) is 6.08 Å². The standard InChI is InChI=1S/C12H13N3O4/c16-10(4-3-9-2-1-5-13-6-9)14-7-11(17)15-8-12(18)19/h1-6H,7-8H2,(H,14,16)(H,15,17)(H,18,19)/b4-3+. The van der Waals surface area contributed by atoms with Crippen molar-refractivity contribution in [1.82, 2.24) is 15.6 Å². The molecular formula is C12H13N3O4. The SMILES string of the molecule is O=C(O)CNC(=O)CNC(=O)/C=C/c1cccnc1. The number of hydrogen-bond acceptors (Lipinski definition) is 4. The van der Waals surface area contributed by atoms with E-state index in [-0.39, 0.29) is 6.54 Å². The molecule has 0 unspecified atom stereocenters. The van der Waals surface area contributed by atoms with Crippen LogP contribution >= 0.6 is 0 Å². The van der Waals surface area contributed by atoms with Crippen molar-refractivity contribution in [2.45, 2.75) is 0 Å². The Bertz CT molecular complexity index is 485. The molecule has 19 heavy (non-hydrogen) atoms. The smallest absolute Gasteiger partial charge is 0.322 e. The molecule has 1 aromatic rings. The maximum atomic E-state index is 11.3. The van der Waals surface area contributed by atoms with Crippen LogP contribution in [-0.2, 0) is 14.4 Å². The maximum Gasteiger partial charge on any atom is 0.322 e. The molecule has 7 nitrogen and oxygen atoms in total. The van der Waals surface area contributed by atoms with Gasteiger partial charge in [-0.3, -0.25) is 19.4 Å². The molecule has 1 heterocycles. The number of aromatic nitrogens is 1. The van der Waals surface area contributed by atoms with Crippen LogP contribution in [0.3, 0.4) is 0 Å². The van der Waals surface area contributed by atoms with Gasteiger partial charge in [0.25, 0.3) is 0 Å². The summed E-state index contributed by atoms with van der Waals surface area (Å²) < 4.78 is 0. The number of carbonyl (C=O) groups is 3. The molecule has 0 radical (unpaired) electrons. The first-order valence-electron chi connectivity index (χ1n) is 5.42. The lowest BCUT2D eigenvalue weighted by molar-refractivity contribution is -0.137. The quantitative estimate of drug-likeness (QED) is 0.594. The number of hydrogen-bond donors (Lipinski definition) is 3. The fourth-order valence-electron chi connectivity index (χ4n) is 1.11. The van der Waals surface area contributed by atoms with E-state index in [9.17, 15) is 14.4 Å². The van der Waals surface area contributed by atoms with Crippen molar-refractivity contribution < 1.29 is 19.5 Å². The zero-order valence-electron chi connectivity index (χ0n) is 10.00. The summed E-state index contributed by atoms with van der Waals surface area (Å²) in [6.45, 7) is -0.746. The zero-order valence-corrected chi connectivity index (χ0v) is 10.00. The van der Waals surface area contributed by atoms with Gasteiger partial charge in [-0.05, 0) is 17.7 Å². The van der Waals surface area contributed by atoms with Crippen molar-refractivity contribution in [3.63, 3.8) is 0 Å². The maximum absolute atomic E-state index is 11.3. The van der Waals surface area contributed by atoms with Crippen LogP contribution in [0, 0.1) is 0 Å². The van der Waals surface area contributed by atoms with E-state index in [0.717, 1.165) is 5.56 Å². The number of amides is 2. The molecule has 0 aromatic carbocycles. The Balaban J connectivity index is 2.30. The Morgan fingerprint density at radius 1 is 1.26 bits per heavy atom. The summed E-state index contributed by atoms with van der Waals surface area (Å²) in [4.78, 5) is 36.5. The van der Waals surface area contributed by atoms with Gasteiger partial charge in [-0.15, -0.1) is 0 Å². The van der Waals surface area contributed by atoms with Gasteiger partial charge in [-0.2, -0.15) is 0 Å². The van der Waals surface area contributed by atoms with Crippen LogP contribution in [0.2, 0.25) is 0 Å². The van der Waals surface area contributed by atoms with Crippen LogP contribution in [0.4, 0.5) is 0 Å². The van der Waals surface area contributed by atoms with Crippen LogP contribution in [0.15, 0.2) is 30.6 Å². The lowest BCUT2D eigenvalue weighted by Crippen LogP contribution is -2.38. The first kappa shape index (κ1) is 14.4. The van der Waals surface area contributed by atoms with Crippen molar-refractivity contribution in [2.24, 2.45) is 0 Å². The normalized spacial score (nSPS) is 10.1. The Hall–Kier alpha value is -2.70. The van der Waals surface area contributed by atoms with Gasteiger partial charge in [0, 0.05) is 18.5 Å². The van der Waals surface area contributed by atoms with Gasteiger partial charge in [-0.25, -0.2) is 0 Å². The van der Waals surface area contributed by atoms with E-state index < -0.39 is 24.3 Å². The molecule has 1 aromatic heterocycles. The highest BCUT2D eigenvalue weighted by Gasteiger charge is 2.04. The van der Waals surface area contributed by atoms with Crippen molar-refractivity contribution in [1.29, 1.82) is 0 Å². The van der Waals surface area contributed by atoms with Gasteiger partial charge in [0.15, 0.2) is 0 Å². The second kappa shape index (κ2) is 7.59. The Labute approximate surface area is 109 Å². The average molecular weight is 263 g/mol. The molecule has 0 aliphatic heterocycles. The van der Waals surface area contributed by atoms with E-state index in [0.29, 0.717) is 0 Å². The van der Waals surface area contributed by atoms with Gasteiger partial charge in [0.1, 0.15) is 6.54 Å². The van der Waals surface area contributed by atoms with Gasteiger partial charge >= 0.3 is 5.97 Å². The predicted octanol–water partition coefficient (Wildman–Crippen LogP) is -0.588. The lowest BCUT2D eigenvalue weighted by atomic mass is 10.2. The van der Waals surface area contributed by atoms with Crippen molar-refractivity contribution >= 4 is 23.9 Å². The highest BCUT2D eigenvalue weighted by Crippen LogP contribution is 1.97. The van der Waals surface area contributed by atoms with E-state index in [1.54, 1.807) is 30.6 Å². The van der Waals surface area contributed by atoms with Crippen molar-refractivity contribution in [3.05, 3.63) is 36.2 Å². The molecule has 0 atom stereocenters. The summed E-state index contributed by atoms with van der Waals surface area (Å²) in [5, 5.41) is 12.8. The van der Waals surface area contributed by atoms with Gasteiger partial charge < -0.3 is 15.7 Å². The van der Waals surface area contributed by atoms with E-state index in [2.05, 4.69) is 15.6 Å². The second-order valence-corrected chi connectivity index (χ2v) is 3.51. The number of carbonyl (C=O) groups excluding carboxylic acids is 2. The topological polar surface area (TPSA) is 108 Å². The van der Waals surface area contributed by atoms with Crippen LogP contribution in [-0.4, -0.2) is 41.0 Å². The number of rotatable bonds is 6. The van der Waals surface area contributed by atoms with Crippen LogP contribution in [0.1, 0.15) is 5.56 Å². The van der Waals surface area contributed by atoms with E-state index in [4.69, 9.17) is 5.11 Å². The number of pyridine rings is 1. The number of carboxylic acid groups (broad SMARTS) is 1. The second-order valence-electron chi connectivity index (χ2n) is 3.51. The number of nitrogens with one attached hydrogen (secondary N) is 2. The number of carboxylic acids is 1. The lowest BCUT2D eigenvalue weighted by Gasteiger charge is -2.02. The predicted molar refractivity (Wildman–Crippen MR) is 66.9 cm³/mol. The minimum absolute atomic E-state index is 0.274. The van der Waals surface area contributed by atoms with Gasteiger partial charge in [0.05, 0.1) is 6.54 Å². The Kier molecular flexibility index (Phi) is 5.74. The molecule has 3 N–H and O–H groups in total. The number of aliphatic carboxylic acids is 1. The summed E-state index contributed by atoms with van der Waals surface area (Å²) in [6.07, 6.45) is 6.02. The minimum Gasteiger partial charge on any atom is -0.480 e. The highest BCUT2D eigenvalue weighted by atomic mass is 16.4. The Morgan fingerprint density at radius 2 is 2.05 bits per heavy atom. The first-order valence-corrected chi connectivity index (χ1v) is 5.42. The summed E-state index contributed by atoms with van der Waals surface area (Å²) in [5.74, 6) is -2.16. The molecule has 0 fully saturated rings. The Morgan fingerprint density at radius 3 is 2.68 bits per heavy atom. The largest absolute Gasteiger partial charge is 0.480 e. The molecule has 1 rings (SSSR count). The van der Waals surface area contributed by atoms with Crippen molar-refractivity contribution in [3.8, 4) is 0 Å². The fourth-order valence-corrected chi connectivity index (χ4v) is 1.11. The van der Waals surface area contributed by atoms with Gasteiger partial charge in [-0.1, -0.05) is 6.07 Å². The molecule has 0 aliphatic carbocycles. The van der Waals surface area contributed by atoms with Crippen LogP contribution < -0.4 is 10.6 Å². The number of nitrogens with zero attached hydrogens (tertiary/aromatic N) is 1. The van der Waals surface area contributed by atoms with Gasteiger partial charge in [0.2, 0.25) is 11.8 Å². The zero-order chi connectivity index (χ0) is 14.1. The minimum atomic E-state index is -1.14. The molecule has 100 valence electrons. The van der Waals surface area contributed by atoms with Crippen LogP contribution in [0.5, 0.6) is 0 Å². The summed E-state index contributed by atoms with van der Waals surface area (Å²) in [6, 6.07) is 3.51. The molecule has 7 heteroatoms. The van der Waals surface area contributed by atoms with E-state index >= 15 is 0 Å². The average Bonchev–Trinajstić information content (AvgIpc) is 2.41. The first-order chi connectivity index (χ1) is 9.08. The third-order valence-corrected chi connectivity index (χ3v) is 1.97. The van der Waals surface area contributed by atoms with Crippen molar-refractivity contribution in [2.75, 3.05) is 13.1 Å². The summed E-state index contributed by atoms with van der Waals surface area (Å²) in [5.41, 5.74) is 0.757. The fraction of sp³-hybridized carbons (Fsp3) is 0.167. The molecule has 0 bridgehead atoms. The monoisotopic (exact) mass is 263 g/mol. The summed E-state index contributed by atoms with van der Waals surface area (Å²) in [7, 11) is 0.